The average molecular weight is 350 g/mol. The van der Waals surface area contributed by atoms with Crippen molar-refractivity contribution in [3.63, 3.8) is 0 Å². The number of carbonyl (C=O) groups is 1. The molecule has 1 N–H and O–H groups in total. The van der Waals surface area contributed by atoms with Gasteiger partial charge in [0.2, 0.25) is 0 Å². The van der Waals surface area contributed by atoms with E-state index in [1.54, 1.807) is 23.1 Å². The van der Waals surface area contributed by atoms with E-state index >= 15 is 0 Å². The number of piperidine rings is 1. The van der Waals surface area contributed by atoms with Crippen molar-refractivity contribution >= 4 is 5.91 Å². The minimum Gasteiger partial charge on any atom is -0.381 e. The predicted molar refractivity (Wildman–Crippen MR) is 92.5 cm³/mol. The van der Waals surface area contributed by atoms with Gasteiger partial charge >= 0.3 is 0 Å². The first-order chi connectivity index (χ1) is 12.0. The second kappa shape index (κ2) is 7.81. The lowest BCUT2D eigenvalue weighted by Crippen LogP contribution is -2.59. The number of halogens is 1. The van der Waals surface area contributed by atoms with E-state index in [0.29, 0.717) is 31.1 Å². The van der Waals surface area contributed by atoms with Gasteiger partial charge < -0.3 is 14.7 Å². The molecule has 0 aliphatic carbocycles. The zero-order chi connectivity index (χ0) is 17.9. The minimum atomic E-state index is -1.39. The monoisotopic (exact) mass is 350 g/mol. The quantitative estimate of drug-likeness (QED) is 0.880. The van der Waals surface area contributed by atoms with Crippen molar-refractivity contribution in [2.45, 2.75) is 43.9 Å². The summed E-state index contributed by atoms with van der Waals surface area (Å²) >= 11 is 0. The highest BCUT2D eigenvalue weighted by molar-refractivity contribution is 5.86. The van der Waals surface area contributed by atoms with Gasteiger partial charge in [0.1, 0.15) is 5.82 Å². The zero-order valence-electron chi connectivity index (χ0n) is 14.8. The highest BCUT2D eigenvalue weighted by Crippen LogP contribution is 2.27. The topological polar surface area (TPSA) is 53.0 Å². The van der Waals surface area contributed by atoms with Crippen molar-refractivity contribution in [2.75, 3.05) is 33.4 Å². The number of hydrogen-bond donors (Lipinski definition) is 1. The first-order valence-corrected chi connectivity index (χ1v) is 9.03. The van der Waals surface area contributed by atoms with Gasteiger partial charge in [0.15, 0.2) is 5.60 Å². The van der Waals surface area contributed by atoms with Crippen LogP contribution >= 0.6 is 0 Å². The Bertz CT molecular complexity index is 606. The summed E-state index contributed by atoms with van der Waals surface area (Å²) in [6, 6.07) is 6.81. The van der Waals surface area contributed by atoms with Gasteiger partial charge in [-0.05, 0) is 38.8 Å². The zero-order valence-corrected chi connectivity index (χ0v) is 14.8. The standard InChI is InChI=1S/C19H27FN2O3/c1-21(16-7-11-25-12-8-16)14-19(24)9-4-10-22(18(19)23)13-15-5-2-3-6-17(15)20/h2-3,5-6,16,24H,4,7-14H2,1H3. The summed E-state index contributed by atoms with van der Waals surface area (Å²) < 4.78 is 19.3. The largest absolute Gasteiger partial charge is 0.381 e. The summed E-state index contributed by atoms with van der Waals surface area (Å²) in [5, 5.41) is 11.0. The van der Waals surface area contributed by atoms with Crippen LogP contribution in [0.1, 0.15) is 31.2 Å². The van der Waals surface area contributed by atoms with Crippen molar-refractivity contribution in [1.82, 2.24) is 9.80 Å². The van der Waals surface area contributed by atoms with E-state index in [0.717, 1.165) is 32.5 Å². The molecule has 1 atom stereocenters. The molecule has 0 bridgehead atoms. The molecule has 5 nitrogen and oxygen atoms in total. The molecule has 6 heteroatoms. The highest BCUT2D eigenvalue weighted by Gasteiger charge is 2.43. The van der Waals surface area contributed by atoms with Crippen LogP contribution in [0.2, 0.25) is 0 Å². The third-order valence-electron chi connectivity index (χ3n) is 5.35. The Morgan fingerprint density at radius 3 is 2.80 bits per heavy atom. The maximum Gasteiger partial charge on any atom is 0.256 e. The second-order valence-electron chi connectivity index (χ2n) is 7.21. The lowest BCUT2D eigenvalue weighted by molar-refractivity contribution is -0.161. The van der Waals surface area contributed by atoms with E-state index in [-0.39, 0.29) is 18.3 Å². The van der Waals surface area contributed by atoms with Gasteiger partial charge in [-0.3, -0.25) is 9.69 Å². The number of amides is 1. The first kappa shape index (κ1) is 18.3. The Kier molecular flexibility index (Phi) is 5.71. The van der Waals surface area contributed by atoms with E-state index in [2.05, 4.69) is 4.90 Å². The number of rotatable bonds is 5. The summed E-state index contributed by atoms with van der Waals surface area (Å²) in [5.74, 6) is -0.607. The van der Waals surface area contributed by atoms with Gasteiger partial charge in [-0.1, -0.05) is 18.2 Å². The van der Waals surface area contributed by atoms with Crippen LogP contribution in [-0.2, 0) is 16.1 Å². The Morgan fingerprint density at radius 2 is 2.08 bits per heavy atom. The number of hydrogen-bond acceptors (Lipinski definition) is 4. The third kappa shape index (κ3) is 4.19. The lowest BCUT2D eigenvalue weighted by atomic mass is 9.90. The molecular weight excluding hydrogens is 323 g/mol. The van der Waals surface area contributed by atoms with E-state index in [4.69, 9.17) is 4.74 Å². The van der Waals surface area contributed by atoms with Crippen LogP contribution < -0.4 is 0 Å². The Labute approximate surface area is 148 Å². The van der Waals surface area contributed by atoms with Crippen LogP contribution in [0.25, 0.3) is 0 Å². The van der Waals surface area contributed by atoms with Crippen molar-refractivity contribution in [3.8, 4) is 0 Å². The number of likely N-dealkylation sites (N-methyl/N-ethyl adjacent to an activating group) is 1. The number of ether oxygens (including phenoxy) is 1. The maximum absolute atomic E-state index is 13.9. The Hall–Kier alpha value is -1.50. The fourth-order valence-electron chi connectivity index (χ4n) is 3.86. The van der Waals surface area contributed by atoms with Gasteiger partial charge in [0, 0.05) is 44.5 Å². The molecule has 3 rings (SSSR count). The number of carbonyl (C=O) groups excluding carboxylic acids is 1. The van der Waals surface area contributed by atoms with Crippen LogP contribution in [0.5, 0.6) is 0 Å². The second-order valence-corrected chi connectivity index (χ2v) is 7.21. The molecule has 2 aliphatic heterocycles. The normalized spacial score (nSPS) is 25.6. The molecule has 0 spiro atoms. The molecule has 1 unspecified atom stereocenters. The van der Waals surface area contributed by atoms with E-state index in [1.807, 2.05) is 7.05 Å². The number of benzene rings is 1. The summed E-state index contributed by atoms with van der Waals surface area (Å²) in [4.78, 5) is 16.5. The van der Waals surface area contributed by atoms with Crippen LogP contribution in [0.15, 0.2) is 24.3 Å². The van der Waals surface area contributed by atoms with Crippen LogP contribution in [0, 0.1) is 5.82 Å². The molecule has 2 heterocycles. The molecule has 1 amide bonds. The smallest absolute Gasteiger partial charge is 0.256 e. The van der Waals surface area contributed by atoms with Crippen LogP contribution in [0.3, 0.4) is 0 Å². The van der Waals surface area contributed by atoms with Crippen LogP contribution in [0.4, 0.5) is 4.39 Å². The van der Waals surface area contributed by atoms with E-state index in [1.165, 1.54) is 6.07 Å². The molecule has 2 fully saturated rings. The van der Waals surface area contributed by atoms with Crippen molar-refractivity contribution in [1.29, 1.82) is 0 Å². The molecule has 1 aromatic rings. The van der Waals surface area contributed by atoms with Gasteiger partial charge in [0.05, 0.1) is 0 Å². The highest BCUT2D eigenvalue weighted by atomic mass is 19.1. The molecule has 25 heavy (non-hydrogen) atoms. The fourth-order valence-corrected chi connectivity index (χ4v) is 3.86. The molecule has 0 radical (unpaired) electrons. The van der Waals surface area contributed by atoms with Gasteiger partial charge in [-0.25, -0.2) is 4.39 Å². The number of aliphatic hydroxyl groups is 1. The molecule has 1 aromatic carbocycles. The SMILES string of the molecule is CN(CC1(O)CCCN(Cc2ccccc2F)C1=O)C1CCOCC1. The molecule has 0 aromatic heterocycles. The fraction of sp³-hybridized carbons (Fsp3) is 0.632. The van der Waals surface area contributed by atoms with E-state index < -0.39 is 5.60 Å². The van der Waals surface area contributed by atoms with Crippen LogP contribution in [-0.4, -0.2) is 65.8 Å². The van der Waals surface area contributed by atoms with Gasteiger partial charge in [-0.15, -0.1) is 0 Å². The molecule has 2 saturated heterocycles. The summed E-state index contributed by atoms with van der Waals surface area (Å²) in [6.45, 7) is 2.51. The maximum atomic E-state index is 13.9. The number of likely N-dealkylation sites (tertiary alicyclic amines) is 1. The molecular formula is C19H27FN2O3. The van der Waals surface area contributed by atoms with Gasteiger partial charge in [-0.2, -0.15) is 0 Å². The molecule has 138 valence electrons. The third-order valence-corrected chi connectivity index (χ3v) is 5.35. The predicted octanol–water partition coefficient (Wildman–Crippen LogP) is 1.79. The van der Waals surface area contributed by atoms with E-state index in [9.17, 15) is 14.3 Å². The van der Waals surface area contributed by atoms with Crippen molar-refractivity contribution in [3.05, 3.63) is 35.6 Å². The Balaban J connectivity index is 1.66. The summed E-state index contributed by atoms with van der Waals surface area (Å²) in [5.41, 5.74) is -0.908. The average Bonchev–Trinajstić information content (AvgIpc) is 2.62. The number of nitrogens with zero attached hydrogens (tertiary/aromatic N) is 2. The molecule has 2 aliphatic rings. The summed E-state index contributed by atoms with van der Waals surface area (Å²) in [6.07, 6.45) is 3.00. The first-order valence-electron chi connectivity index (χ1n) is 9.03. The molecule has 0 saturated carbocycles. The van der Waals surface area contributed by atoms with Crippen molar-refractivity contribution in [2.24, 2.45) is 0 Å². The summed E-state index contributed by atoms with van der Waals surface area (Å²) in [7, 11) is 1.96. The van der Waals surface area contributed by atoms with Crippen molar-refractivity contribution < 1.29 is 19.0 Å². The Morgan fingerprint density at radius 1 is 1.36 bits per heavy atom. The minimum absolute atomic E-state index is 0.203. The lowest BCUT2D eigenvalue weighted by Gasteiger charge is -2.42. The van der Waals surface area contributed by atoms with Gasteiger partial charge in [0.25, 0.3) is 5.91 Å².